The van der Waals surface area contributed by atoms with Gasteiger partial charge in [-0.2, -0.15) is 9.64 Å². The van der Waals surface area contributed by atoms with Gasteiger partial charge in [0.25, 0.3) is 0 Å². The third kappa shape index (κ3) is 7.93. The molecule has 1 aliphatic heterocycles. The van der Waals surface area contributed by atoms with E-state index in [2.05, 4.69) is 35.9 Å². The molecule has 0 radical (unpaired) electrons. The van der Waals surface area contributed by atoms with Crippen LogP contribution in [0.4, 0.5) is 5.00 Å². The minimum absolute atomic E-state index is 0. The van der Waals surface area contributed by atoms with Crippen LogP contribution in [0, 0.1) is 18.3 Å². The lowest BCUT2D eigenvalue weighted by Crippen LogP contribution is -2.52. The number of piperazine rings is 1. The third-order valence-electron chi connectivity index (χ3n) is 5.66. The Bertz CT molecular complexity index is 1080. The van der Waals surface area contributed by atoms with Gasteiger partial charge in [0, 0.05) is 46.3 Å². The van der Waals surface area contributed by atoms with E-state index in [-0.39, 0.29) is 41.9 Å². The van der Waals surface area contributed by atoms with Crippen molar-refractivity contribution in [2.45, 2.75) is 20.4 Å². The lowest BCUT2D eigenvalue weighted by atomic mass is 10.2. The Balaban J connectivity index is 0.00000456. The van der Waals surface area contributed by atoms with Crippen molar-refractivity contribution in [1.29, 1.82) is 5.26 Å². The summed E-state index contributed by atoms with van der Waals surface area (Å²) in [4.78, 5) is 35.1. The Morgan fingerprint density at radius 2 is 1.89 bits per heavy atom. The van der Waals surface area contributed by atoms with Gasteiger partial charge in [-0.1, -0.05) is 30.3 Å². The van der Waals surface area contributed by atoms with E-state index >= 15 is 0 Å². The molecule has 0 unspecified atom stereocenters. The number of nitriles is 1. The molecule has 2 amide bonds. The number of benzene rings is 1. The maximum Gasteiger partial charge on any atom is 0.242 e. The van der Waals surface area contributed by atoms with Gasteiger partial charge < -0.3 is 25.3 Å². The summed E-state index contributed by atoms with van der Waals surface area (Å²) in [6.45, 7) is 7.74. The van der Waals surface area contributed by atoms with Crippen LogP contribution in [-0.4, -0.2) is 84.8 Å². The summed E-state index contributed by atoms with van der Waals surface area (Å²) in [7, 11) is 1.72. The molecule has 2 N–H and O–H groups in total. The molecule has 1 fully saturated rings. The second kappa shape index (κ2) is 14.4. The Labute approximate surface area is 226 Å². The Kier molecular flexibility index (Phi) is 11.6. The van der Waals surface area contributed by atoms with Gasteiger partial charge >= 0.3 is 0 Å². The van der Waals surface area contributed by atoms with Gasteiger partial charge in [-0.05, 0) is 30.9 Å². The summed E-state index contributed by atoms with van der Waals surface area (Å²) < 4.78 is 4.31. The van der Waals surface area contributed by atoms with E-state index in [1.165, 1.54) is 11.5 Å². The number of likely N-dealkylation sites (N-methyl/N-ethyl adjacent to an activating group) is 1. The molecule has 0 bridgehead atoms. The first-order valence-electron chi connectivity index (χ1n) is 11.6. The lowest BCUT2D eigenvalue weighted by molar-refractivity contribution is -0.131. The smallest absolute Gasteiger partial charge is 0.242 e. The SMILES string of the molecule is Br.CCNC(=NCC(=O)NCC(=O)N(C)Cc1ccccc1)N1CCN(c2snc(C)c2C#N)CC1. The fourth-order valence-electron chi connectivity index (χ4n) is 3.71. The number of nitrogens with zero attached hydrogens (tertiary/aromatic N) is 6. The number of hydrogen-bond acceptors (Lipinski definition) is 7. The van der Waals surface area contributed by atoms with E-state index in [1.54, 1.807) is 11.9 Å². The molecular formula is C24H33BrN8O2S. The molecule has 0 atom stereocenters. The number of carbonyl (C=O) groups excluding carboxylic acids is 2. The Morgan fingerprint density at radius 1 is 1.19 bits per heavy atom. The van der Waals surface area contributed by atoms with Crippen LogP contribution in [0.25, 0.3) is 0 Å². The quantitative estimate of drug-likeness (QED) is 0.363. The summed E-state index contributed by atoms with van der Waals surface area (Å²) in [5.41, 5.74) is 2.44. The summed E-state index contributed by atoms with van der Waals surface area (Å²) in [5, 5.41) is 16.2. The summed E-state index contributed by atoms with van der Waals surface area (Å²) in [6, 6.07) is 12.0. The van der Waals surface area contributed by atoms with Gasteiger partial charge in [0.15, 0.2) is 5.96 Å². The van der Waals surface area contributed by atoms with Crippen molar-refractivity contribution >= 4 is 51.3 Å². The standard InChI is InChI=1S/C24H32N8O2S.BrH/c1-4-26-24(32-12-10-31(11-13-32)23-20(14-25)18(2)29-35-23)28-15-21(33)27-16-22(34)30(3)17-19-8-6-5-7-9-19;/h5-9H,4,10-13,15-17H2,1-3H3,(H,26,28)(H,27,33);1H. The van der Waals surface area contributed by atoms with Crippen molar-refractivity contribution in [3.05, 3.63) is 47.2 Å². The molecule has 10 nitrogen and oxygen atoms in total. The Hall–Kier alpha value is -3.17. The van der Waals surface area contributed by atoms with Crippen LogP contribution < -0.4 is 15.5 Å². The van der Waals surface area contributed by atoms with E-state index < -0.39 is 0 Å². The van der Waals surface area contributed by atoms with Crippen molar-refractivity contribution in [2.24, 2.45) is 4.99 Å². The zero-order valence-electron chi connectivity index (χ0n) is 20.9. The van der Waals surface area contributed by atoms with Crippen LogP contribution >= 0.6 is 28.5 Å². The number of aryl methyl sites for hydroxylation is 1. The van der Waals surface area contributed by atoms with Crippen molar-refractivity contribution in [3.63, 3.8) is 0 Å². The summed E-state index contributed by atoms with van der Waals surface area (Å²) >= 11 is 1.36. The van der Waals surface area contributed by atoms with Gasteiger partial charge in [-0.25, -0.2) is 4.99 Å². The average molecular weight is 578 g/mol. The van der Waals surface area contributed by atoms with Crippen LogP contribution in [0.5, 0.6) is 0 Å². The Morgan fingerprint density at radius 3 is 2.53 bits per heavy atom. The molecule has 1 aliphatic rings. The molecule has 2 aromatic rings. The van der Waals surface area contributed by atoms with Crippen molar-refractivity contribution < 1.29 is 9.59 Å². The van der Waals surface area contributed by atoms with Crippen molar-refractivity contribution in [1.82, 2.24) is 24.8 Å². The fourth-order valence-corrected chi connectivity index (χ4v) is 4.60. The minimum atomic E-state index is -0.306. The number of anilines is 1. The number of rotatable bonds is 8. The molecule has 1 aromatic carbocycles. The predicted molar refractivity (Wildman–Crippen MR) is 148 cm³/mol. The van der Waals surface area contributed by atoms with Crippen LogP contribution in [0.3, 0.4) is 0 Å². The fraction of sp³-hybridized carbons (Fsp3) is 0.458. The van der Waals surface area contributed by atoms with Crippen LogP contribution in [0.2, 0.25) is 0 Å². The van der Waals surface area contributed by atoms with Crippen LogP contribution in [-0.2, 0) is 16.1 Å². The van der Waals surface area contributed by atoms with Gasteiger partial charge in [0.1, 0.15) is 23.2 Å². The van der Waals surface area contributed by atoms with E-state index in [0.717, 1.165) is 29.3 Å². The molecule has 0 saturated carbocycles. The van der Waals surface area contributed by atoms with Gasteiger partial charge in [0.2, 0.25) is 11.8 Å². The number of aliphatic imine (C=N–C) groups is 1. The van der Waals surface area contributed by atoms with E-state index in [1.807, 2.05) is 44.2 Å². The molecule has 194 valence electrons. The topological polar surface area (TPSA) is 117 Å². The zero-order valence-corrected chi connectivity index (χ0v) is 23.4. The number of halogens is 1. The average Bonchev–Trinajstić information content (AvgIpc) is 3.26. The van der Waals surface area contributed by atoms with E-state index in [4.69, 9.17) is 0 Å². The number of aromatic nitrogens is 1. The van der Waals surface area contributed by atoms with Crippen molar-refractivity contribution in [2.75, 3.05) is 57.8 Å². The van der Waals surface area contributed by atoms with Gasteiger partial charge in [0.05, 0.1) is 12.2 Å². The molecule has 3 rings (SSSR count). The second-order valence-electron chi connectivity index (χ2n) is 8.22. The highest BCUT2D eigenvalue weighted by atomic mass is 79.9. The first kappa shape index (κ1) is 29.1. The molecule has 2 heterocycles. The van der Waals surface area contributed by atoms with Crippen LogP contribution in [0.1, 0.15) is 23.7 Å². The van der Waals surface area contributed by atoms with Crippen LogP contribution in [0.15, 0.2) is 35.3 Å². The monoisotopic (exact) mass is 576 g/mol. The highest BCUT2D eigenvalue weighted by Gasteiger charge is 2.24. The minimum Gasteiger partial charge on any atom is -0.358 e. The van der Waals surface area contributed by atoms with E-state index in [9.17, 15) is 14.9 Å². The third-order valence-corrected chi connectivity index (χ3v) is 6.66. The maximum atomic E-state index is 12.4. The highest BCUT2D eigenvalue weighted by Crippen LogP contribution is 2.28. The van der Waals surface area contributed by atoms with Crippen molar-refractivity contribution in [3.8, 4) is 6.07 Å². The molecule has 1 aromatic heterocycles. The molecule has 12 heteroatoms. The highest BCUT2D eigenvalue weighted by molar-refractivity contribution is 8.93. The molecular weight excluding hydrogens is 544 g/mol. The number of nitrogens with one attached hydrogen (secondary N) is 2. The normalized spacial score (nSPS) is 13.4. The largest absolute Gasteiger partial charge is 0.358 e. The van der Waals surface area contributed by atoms with E-state index in [0.29, 0.717) is 37.7 Å². The number of guanidine groups is 1. The molecule has 0 spiro atoms. The van der Waals surface area contributed by atoms with Gasteiger partial charge in [-0.15, -0.1) is 17.0 Å². The number of carbonyl (C=O) groups is 2. The molecule has 1 saturated heterocycles. The predicted octanol–water partition coefficient (Wildman–Crippen LogP) is 1.76. The zero-order chi connectivity index (χ0) is 25.2. The second-order valence-corrected chi connectivity index (χ2v) is 8.97. The molecule has 0 aliphatic carbocycles. The van der Waals surface area contributed by atoms with Gasteiger partial charge in [-0.3, -0.25) is 9.59 Å². The molecule has 36 heavy (non-hydrogen) atoms. The maximum absolute atomic E-state index is 12.4. The first-order chi connectivity index (χ1) is 16.9. The first-order valence-corrected chi connectivity index (χ1v) is 12.4. The number of amides is 2. The summed E-state index contributed by atoms with van der Waals surface area (Å²) in [5.74, 6) is 0.194. The lowest BCUT2D eigenvalue weighted by Gasteiger charge is -2.37. The summed E-state index contributed by atoms with van der Waals surface area (Å²) in [6.07, 6.45) is 0. The number of hydrogen-bond donors (Lipinski definition) is 2.